The van der Waals surface area contributed by atoms with Crippen molar-refractivity contribution in [3.05, 3.63) is 41.0 Å². The van der Waals surface area contributed by atoms with Gasteiger partial charge in [0.25, 0.3) is 0 Å². The van der Waals surface area contributed by atoms with E-state index in [9.17, 15) is 0 Å². The van der Waals surface area contributed by atoms with E-state index in [0.29, 0.717) is 0 Å². The van der Waals surface area contributed by atoms with Crippen LogP contribution in [0.2, 0.25) is 5.02 Å². The maximum Gasteiger partial charge on any atom is 0.0923 e. The Morgan fingerprint density at radius 3 is 2.57 bits per heavy atom. The zero-order valence-electron chi connectivity index (χ0n) is 12.3. The molecule has 2 aromatic rings. The number of nitrogens with zero attached hydrogens (tertiary/aromatic N) is 3. The van der Waals surface area contributed by atoms with Gasteiger partial charge in [-0.25, -0.2) is 0 Å². The molecule has 2 heterocycles. The second kappa shape index (κ2) is 6.60. The molecule has 0 saturated carbocycles. The van der Waals surface area contributed by atoms with Crippen molar-refractivity contribution < 1.29 is 0 Å². The highest BCUT2D eigenvalue weighted by Gasteiger charge is 2.13. The number of aromatic amines is 1. The molecule has 1 aliphatic rings. The first-order chi connectivity index (χ1) is 10.2. The van der Waals surface area contributed by atoms with E-state index in [-0.39, 0.29) is 0 Å². The molecule has 0 atom stereocenters. The number of benzene rings is 1. The Morgan fingerprint density at radius 1 is 1.14 bits per heavy atom. The highest BCUT2D eigenvalue weighted by atomic mass is 35.5. The van der Waals surface area contributed by atoms with E-state index in [4.69, 9.17) is 11.6 Å². The lowest BCUT2D eigenvalue weighted by Crippen LogP contribution is -2.45. The van der Waals surface area contributed by atoms with Gasteiger partial charge in [0.05, 0.1) is 5.69 Å². The normalized spacial score (nSPS) is 17.2. The van der Waals surface area contributed by atoms with E-state index in [1.54, 1.807) is 0 Å². The smallest absolute Gasteiger partial charge is 0.0923 e. The third-order valence-electron chi connectivity index (χ3n) is 4.06. The van der Waals surface area contributed by atoms with Gasteiger partial charge in [0, 0.05) is 55.4 Å². The van der Waals surface area contributed by atoms with Crippen LogP contribution in [0.5, 0.6) is 0 Å². The molecule has 0 aliphatic carbocycles. The summed E-state index contributed by atoms with van der Waals surface area (Å²) in [5, 5.41) is 8.30. The topological polar surface area (TPSA) is 35.2 Å². The number of likely N-dealkylation sites (N-methyl/N-ethyl adjacent to an activating group) is 1. The van der Waals surface area contributed by atoms with Crippen molar-refractivity contribution in [2.75, 3.05) is 39.8 Å². The summed E-state index contributed by atoms with van der Waals surface area (Å²) in [5.41, 5.74) is 3.28. The first kappa shape index (κ1) is 14.6. The minimum atomic E-state index is 0.754. The van der Waals surface area contributed by atoms with Crippen LogP contribution in [0.1, 0.15) is 5.69 Å². The molecule has 112 valence electrons. The molecular formula is C16H21ClN4. The number of piperazine rings is 1. The molecular weight excluding hydrogens is 284 g/mol. The van der Waals surface area contributed by atoms with Crippen LogP contribution in [0.4, 0.5) is 0 Å². The van der Waals surface area contributed by atoms with Crippen molar-refractivity contribution in [1.29, 1.82) is 0 Å². The first-order valence-electron chi connectivity index (χ1n) is 7.42. The monoisotopic (exact) mass is 304 g/mol. The van der Waals surface area contributed by atoms with Crippen LogP contribution < -0.4 is 0 Å². The number of rotatable bonds is 4. The third-order valence-corrected chi connectivity index (χ3v) is 4.32. The summed E-state index contributed by atoms with van der Waals surface area (Å²) >= 11 is 5.91. The lowest BCUT2D eigenvalue weighted by molar-refractivity contribution is 0.155. The Balaban J connectivity index is 1.56. The third kappa shape index (κ3) is 3.84. The molecule has 1 fully saturated rings. The number of halogens is 1. The average molecular weight is 305 g/mol. The largest absolute Gasteiger partial charge is 0.304 e. The zero-order valence-corrected chi connectivity index (χ0v) is 13.1. The molecule has 1 saturated heterocycles. The van der Waals surface area contributed by atoms with Gasteiger partial charge in [0.2, 0.25) is 0 Å². The van der Waals surface area contributed by atoms with Crippen molar-refractivity contribution in [2.45, 2.75) is 6.42 Å². The fraction of sp³-hybridized carbons (Fsp3) is 0.438. The molecule has 1 aromatic carbocycles. The van der Waals surface area contributed by atoms with Crippen molar-refractivity contribution in [1.82, 2.24) is 20.0 Å². The van der Waals surface area contributed by atoms with Gasteiger partial charge in [-0.2, -0.15) is 5.10 Å². The standard InChI is InChI=1S/C16H21ClN4/c1-20-8-10-21(11-9-20)7-6-15-12-16(19-18-15)13-2-4-14(17)5-3-13/h2-5,12H,6-11H2,1H3,(H,18,19). The molecule has 3 rings (SSSR count). The number of nitrogens with one attached hydrogen (secondary N) is 1. The van der Waals surface area contributed by atoms with Crippen molar-refractivity contribution in [3.8, 4) is 11.3 Å². The van der Waals surface area contributed by atoms with Crippen molar-refractivity contribution in [3.63, 3.8) is 0 Å². The van der Waals surface area contributed by atoms with Crippen molar-refractivity contribution in [2.24, 2.45) is 0 Å². The Labute approximate surface area is 130 Å². The van der Waals surface area contributed by atoms with Gasteiger partial charge < -0.3 is 9.80 Å². The summed E-state index contributed by atoms with van der Waals surface area (Å²) in [7, 11) is 2.19. The SMILES string of the molecule is CN1CCN(CCc2cc(-c3ccc(Cl)cc3)n[nH]2)CC1. The van der Waals surface area contributed by atoms with Gasteiger partial charge in [0.15, 0.2) is 0 Å². The van der Waals surface area contributed by atoms with Crippen LogP contribution in [-0.2, 0) is 6.42 Å². The lowest BCUT2D eigenvalue weighted by Gasteiger charge is -2.32. The van der Waals surface area contributed by atoms with E-state index in [1.165, 1.54) is 18.8 Å². The summed E-state index contributed by atoms with van der Waals surface area (Å²) in [6, 6.07) is 9.94. The Kier molecular flexibility index (Phi) is 4.58. The minimum absolute atomic E-state index is 0.754. The molecule has 1 aliphatic heterocycles. The predicted octanol–water partition coefficient (Wildman–Crippen LogP) is 2.52. The highest BCUT2D eigenvalue weighted by Crippen LogP contribution is 2.20. The predicted molar refractivity (Wildman–Crippen MR) is 86.7 cm³/mol. The number of hydrogen-bond acceptors (Lipinski definition) is 3. The summed E-state index contributed by atoms with van der Waals surface area (Å²) in [5.74, 6) is 0. The summed E-state index contributed by atoms with van der Waals surface area (Å²) < 4.78 is 0. The molecule has 0 bridgehead atoms. The van der Waals surface area contributed by atoms with Crippen LogP contribution in [0.25, 0.3) is 11.3 Å². The fourth-order valence-electron chi connectivity index (χ4n) is 2.61. The first-order valence-corrected chi connectivity index (χ1v) is 7.79. The Morgan fingerprint density at radius 2 is 1.86 bits per heavy atom. The molecule has 0 spiro atoms. The van der Waals surface area contributed by atoms with Crippen LogP contribution in [-0.4, -0.2) is 59.8 Å². The van der Waals surface area contributed by atoms with E-state index in [0.717, 1.165) is 42.3 Å². The Bertz CT molecular complexity index is 570. The number of aromatic nitrogens is 2. The van der Waals surface area contributed by atoms with Gasteiger partial charge in [-0.1, -0.05) is 23.7 Å². The van der Waals surface area contributed by atoms with Gasteiger partial charge >= 0.3 is 0 Å². The van der Waals surface area contributed by atoms with Crippen LogP contribution >= 0.6 is 11.6 Å². The molecule has 21 heavy (non-hydrogen) atoms. The second-order valence-corrected chi connectivity index (χ2v) is 6.12. The van der Waals surface area contributed by atoms with Gasteiger partial charge in [-0.3, -0.25) is 5.10 Å². The Hall–Kier alpha value is -1.36. The molecule has 0 amide bonds. The molecule has 0 unspecified atom stereocenters. The highest BCUT2D eigenvalue weighted by molar-refractivity contribution is 6.30. The van der Waals surface area contributed by atoms with Gasteiger partial charge in [0.1, 0.15) is 0 Å². The van der Waals surface area contributed by atoms with Gasteiger partial charge in [-0.05, 0) is 25.2 Å². The van der Waals surface area contributed by atoms with Crippen molar-refractivity contribution >= 4 is 11.6 Å². The molecule has 1 N–H and O–H groups in total. The fourth-order valence-corrected chi connectivity index (χ4v) is 2.73. The maximum absolute atomic E-state index is 5.91. The minimum Gasteiger partial charge on any atom is -0.304 e. The summed E-state index contributed by atoms with van der Waals surface area (Å²) in [6.07, 6.45) is 1.02. The van der Waals surface area contributed by atoms with Crippen LogP contribution in [0.15, 0.2) is 30.3 Å². The lowest BCUT2D eigenvalue weighted by atomic mass is 10.1. The van der Waals surface area contributed by atoms with E-state index >= 15 is 0 Å². The van der Waals surface area contributed by atoms with E-state index in [1.807, 2.05) is 24.3 Å². The molecule has 1 aromatic heterocycles. The number of H-pyrrole nitrogens is 1. The molecule has 5 heteroatoms. The molecule has 0 radical (unpaired) electrons. The zero-order chi connectivity index (χ0) is 14.7. The van der Waals surface area contributed by atoms with Crippen LogP contribution in [0, 0.1) is 0 Å². The summed E-state index contributed by atoms with van der Waals surface area (Å²) in [4.78, 5) is 4.90. The van der Waals surface area contributed by atoms with E-state index in [2.05, 4.69) is 33.1 Å². The average Bonchev–Trinajstić information content (AvgIpc) is 2.96. The van der Waals surface area contributed by atoms with Gasteiger partial charge in [-0.15, -0.1) is 0 Å². The number of hydrogen-bond donors (Lipinski definition) is 1. The molecule has 4 nitrogen and oxygen atoms in total. The van der Waals surface area contributed by atoms with Crippen LogP contribution in [0.3, 0.4) is 0 Å². The summed E-state index contributed by atoms with van der Waals surface area (Å²) in [6.45, 7) is 5.75. The van der Waals surface area contributed by atoms with E-state index < -0.39 is 0 Å². The second-order valence-electron chi connectivity index (χ2n) is 5.68. The maximum atomic E-state index is 5.91. The quantitative estimate of drug-likeness (QED) is 0.943.